The van der Waals surface area contributed by atoms with E-state index in [1.807, 2.05) is 0 Å². The van der Waals surface area contributed by atoms with Crippen molar-refractivity contribution in [1.82, 2.24) is 0 Å². The first-order valence-corrected chi connectivity index (χ1v) is 17.1. The Kier molecular flexibility index (Phi) is 32.6. The zero-order chi connectivity index (χ0) is 29.2. The van der Waals surface area contributed by atoms with Crippen molar-refractivity contribution in [2.75, 3.05) is 19.8 Å². The van der Waals surface area contributed by atoms with Gasteiger partial charge in [-0.05, 0) is 51.4 Å². The van der Waals surface area contributed by atoms with Crippen molar-refractivity contribution in [3.63, 3.8) is 0 Å². The van der Waals surface area contributed by atoms with Gasteiger partial charge in [0.15, 0.2) is 0 Å². The number of carbonyl (C=O) groups excluding carboxylic acids is 1. The number of hydrogen-bond donors (Lipinski definition) is 1. The first kappa shape index (κ1) is 38.6. The first-order valence-electron chi connectivity index (χ1n) is 17.1. The molecule has 1 N–H and O–H groups in total. The molecule has 0 saturated carbocycles. The van der Waals surface area contributed by atoms with E-state index in [0.29, 0.717) is 19.6 Å². The lowest BCUT2D eigenvalue weighted by Gasteiger charge is -2.15. The second-order valence-corrected chi connectivity index (χ2v) is 11.2. The van der Waals surface area contributed by atoms with Crippen LogP contribution in [-0.2, 0) is 14.3 Å². The number of esters is 1. The zero-order valence-corrected chi connectivity index (χ0v) is 26.6. The van der Waals surface area contributed by atoms with Gasteiger partial charge in [0.05, 0.1) is 13.2 Å². The Morgan fingerprint density at radius 3 is 1.57 bits per heavy atom. The van der Waals surface area contributed by atoms with Crippen molar-refractivity contribution in [3.8, 4) is 0 Å². The molecule has 0 bridgehead atoms. The van der Waals surface area contributed by atoms with Crippen LogP contribution in [0.4, 0.5) is 0 Å². The highest BCUT2D eigenvalue weighted by molar-refractivity contribution is 5.69. The van der Waals surface area contributed by atoms with Gasteiger partial charge in [0.2, 0.25) is 0 Å². The van der Waals surface area contributed by atoms with Gasteiger partial charge in [0, 0.05) is 13.0 Å². The van der Waals surface area contributed by atoms with Crippen LogP contribution in [0.5, 0.6) is 0 Å². The number of unbranched alkanes of at least 4 members (excludes halogenated alkanes) is 17. The Morgan fingerprint density at radius 1 is 0.600 bits per heavy atom. The Morgan fingerprint density at radius 2 is 1.05 bits per heavy atom. The summed E-state index contributed by atoms with van der Waals surface area (Å²) in [4.78, 5) is 11.8. The molecule has 0 aliphatic rings. The third-order valence-electron chi connectivity index (χ3n) is 7.22. The van der Waals surface area contributed by atoms with Gasteiger partial charge in [0.1, 0.15) is 6.10 Å². The van der Waals surface area contributed by atoms with Gasteiger partial charge < -0.3 is 14.6 Å². The van der Waals surface area contributed by atoms with Crippen molar-refractivity contribution in [1.29, 1.82) is 0 Å². The molecule has 40 heavy (non-hydrogen) atoms. The molecule has 0 aliphatic carbocycles. The van der Waals surface area contributed by atoms with Crippen LogP contribution in [0, 0.1) is 0 Å². The number of hydrogen-bond acceptors (Lipinski definition) is 4. The summed E-state index contributed by atoms with van der Waals surface area (Å²) in [6, 6.07) is 0. The molecule has 0 rings (SSSR count). The molecule has 0 aromatic rings. The number of aliphatic hydroxyl groups is 1. The summed E-state index contributed by atoms with van der Waals surface area (Å²) in [5.41, 5.74) is 0. The van der Waals surface area contributed by atoms with E-state index in [-0.39, 0.29) is 12.6 Å². The van der Waals surface area contributed by atoms with Crippen LogP contribution in [0.2, 0.25) is 0 Å². The van der Waals surface area contributed by atoms with Gasteiger partial charge in [0.25, 0.3) is 0 Å². The van der Waals surface area contributed by atoms with E-state index < -0.39 is 6.10 Å². The van der Waals surface area contributed by atoms with Crippen molar-refractivity contribution >= 4 is 5.97 Å². The Hall–Kier alpha value is -1.39. The summed E-state index contributed by atoms with van der Waals surface area (Å²) < 4.78 is 10.9. The average Bonchev–Trinajstić information content (AvgIpc) is 2.96. The molecule has 0 aliphatic heterocycles. The molecule has 4 nitrogen and oxygen atoms in total. The quantitative estimate of drug-likeness (QED) is 0.0518. The highest BCUT2D eigenvalue weighted by Gasteiger charge is 2.13. The monoisotopic (exact) mass is 562 g/mol. The number of ether oxygens (including phenoxy) is 2. The van der Waals surface area contributed by atoms with Gasteiger partial charge in [-0.1, -0.05) is 140 Å². The molecule has 0 aromatic carbocycles. The number of aliphatic hydroxyl groups excluding tert-OH is 1. The van der Waals surface area contributed by atoms with E-state index in [4.69, 9.17) is 9.47 Å². The molecule has 0 heterocycles. The molecular weight excluding hydrogens is 496 g/mol. The minimum atomic E-state index is -0.530. The lowest BCUT2D eigenvalue weighted by atomic mass is 10.1. The third-order valence-corrected chi connectivity index (χ3v) is 7.22. The maximum Gasteiger partial charge on any atom is 0.306 e. The summed E-state index contributed by atoms with van der Waals surface area (Å²) in [5.74, 6) is -0.222. The fourth-order valence-corrected chi connectivity index (χ4v) is 4.63. The maximum absolute atomic E-state index is 11.8. The summed E-state index contributed by atoms with van der Waals surface area (Å²) in [6.07, 6.45) is 40.8. The van der Waals surface area contributed by atoms with Crippen LogP contribution in [0.15, 0.2) is 36.5 Å². The smallest absolute Gasteiger partial charge is 0.306 e. The van der Waals surface area contributed by atoms with Gasteiger partial charge in [-0.25, -0.2) is 0 Å². The predicted molar refractivity (Wildman–Crippen MR) is 173 cm³/mol. The lowest BCUT2D eigenvalue weighted by molar-refractivity contribution is -0.154. The molecule has 0 fully saturated rings. The van der Waals surface area contributed by atoms with Crippen molar-refractivity contribution in [2.24, 2.45) is 0 Å². The number of carbonyl (C=O) groups is 1. The molecule has 0 aromatic heterocycles. The molecule has 0 saturated heterocycles. The summed E-state index contributed by atoms with van der Waals surface area (Å²) in [7, 11) is 0. The molecule has 1 atom stereocenters. The van der Waals surface area contributed by atoms with Crippen molar-refractivity contribution in [2.45, 2.75) is 168 Å². The third kappa shape index (κ3) is 31.1. The molecule has 1 unspecified atom stereocenters. The largest absolute Gasteiger partial charge is 0.457 e. The minimum Gasteiger partial charge on any atom is -0.457 e. The van der Waals surface area contributed by atoms with Crippen molar-refractivity contribution < 1.29 is 19.4 Å². The van der Waals surface area contributed by atoms with E-state index in [2.05, 4.69) is 50.3 Å². The summed E-state index contributed by atoms with van der Waals surface area (Å²) in [6.45, 7) is 5.21. The van der Waals surface area contributed by atoms with Gasteiger partial charge in [-0.3, -0.25) is 4.79 Å². The fraction of sp³-hybridized carbons (Fsp3) is 0.806. The fourth-order valence-electron chi connectivity index (χ4n) is 4.63. The summed E-state index contributed by atoms with van der Waals surface area (Å²) in [5, 5.41) is 9.41. The second kappa shape index (κ2) is 33.8. The predicted octanol–water partition coefficient (Wildman–Crippen LogP) is 10.6. The van der Waals surface area contributed by atoms with E-state index in [1.54, 1.807) is 0 Å². The first-order chi connectivity index (χ1) is 19.7. The molecular formula is C36H66O4. The summed E-state index contributed by atoms with van der Waals surface area (Å²) >= 11 is 0. The van der Waals surface area contributed by atoms with E-state index >= 15 is 0 Å². The van der Waals surface area contributed by atoms with E-state index in [0.717, 1.165) is 44.9 Å². The molecule has 0 amide bonds. The standard InChI is InChI=1S/C36H66O4/c1-3-5-7-9-10-11-12-13-14-15-16-17-18-19-20-21-22-23-24-25-26-27-28-30-32-39-34-35(33-37)40-36(38)31-29-8-6-4-2/h12-13,15-16,18-19,35,37H,3-11,14,17,20-34H2,1-2H3/b13-12-,16-15-,19-18-. The van der Waals surface area contributed by atoms with Crippen molar-refractivity contribution in [3.05, 3.63) is 36.5 Å². The van der Waals surface area contributed by atoms with Crippen LogP contribution < -0.4 is 0 Å². The van der Waals surface area contributed by atoms with E-state index in [1.165, 1.54) is 96.3 Å². The zero-order valence-electron chi connectivity index (χ0n) is 26.6. The van der Waals surface area contributed by atoms with Crippen LogP contribution in [0.1, 0.15) is 162 Å². The SMILES string of the molecule is CCCCCCC/C=C\C/C=C\C/C=C\CCCCCCCCCCCOCC(CO)OC(=O)CCCCCC. The topological polar surface area (TPSA) is 55.8 Å². The van der Waals surface area contributed by atoms with Gasteiger partial charge in [-0.2, -0.15) is 0 Å². The highest BCUT2D eigenvalue weighted by Crippen LogP contribution is 2.12. The Balaban J connectivity index is 3.38. The molecule has 234 valence electrons. The maximum atomic E-state index is 11.8. The molecule has 0 spiro atoms. The van der Waals surface area contributed by atoms with Gasteiger partial charge in [-0.15, -0.1) is 0 Å². The lowest BCUT2D eigenvalue weighted by Crippen LogP contribution is -2.27. The number of rotatable bonds is 31. The highest BCUT2D eigenvalue weighted by atomic mass is 16.6. The molecule has 4 heteroatoms. The van der Waals surface area contributed by atoms with Crippen LogP contribution in [0.3, 0.4) is 0 Å². The Bertz CT molecular complexity index is 596. The number of allylic oxidation sites excluding steroid dienone is 6. The minimum absolute atomic E-state index is 0.175. The normalized spacial score (nSPS) is 12.8. The van der Waals surface area contributed by atoms with Crippen LogP contribution in [-0.4, -0.2) is 37.0 Å². The second-order valence-electron chi connectivity index (χ2n) is 11.2. The van der Waals surface area contributed by atoms with Crippen LogP contribution in [0.25, 0.3) is 0 Å². The Labute approximate surface area is 249 Å². The van der Waals surface area contributed by atoms with Gasteiger partial charge >= 0.3 is 5.97 Å². The average molecular weight is 563 g/mol. The van der Waals surface area contributed by atoms with Crippen LogP contribution >= 0.6 is 0 Å². The molecule has 0 radical (unpaired) electrons. The van der Waals surface area contributed by atoms with E-state index in [9.17, 15) is 9.90 Å².